The van der Waals surface area contributed by atoms with Crippen LogP contribution in [0.5, 0.6) is 0 Å². The maximum absolute atomic E-state index is 9.87. The van der Waals surface area contributed by atoms with Gasteiger partial charge in [-0.05, 0) is 12.1 Å². The van der Waals surface area contributed by atoms with Gasteiger partial charge in [-0.1, -0.05) is 16.8 Å². The lowest BCUT2D eigenvalue weighted by Crippen LogP contribution is -1.99. The maximum atomic E-state index is 9.87. The van der Waals surface area contributed by atoms with Crippen LogP contribution >= 0.6 is 22.9 Å². The van der Waals surface area contributed by atoms with Gasteiger partial charge in [0.1, 0.15) is 0 Å². The minimum Gasteiger partial charge on any atom is -0.387 e. The van der Waals surface area contributed by atoms with E-state index in [1.54, 1.807) is 24.0 Å². The number of nitrogens with zero attached hydrogens (tertiary/aromatic N) is 3. The van der Waals surface area contributed by atoms with Gasteiger partial charge < -0.3 is 5.11 Å². The number of aryl methyl sites for hydroxylation is 1. The second kappa shape index (κ2) is 4.30. The highest BCUT2D eigenvalue weighted by molar-refractivity contribution is 7.16. The summed E-state index contributed by atoms with van der Waals surface area (Å²) in [5, 5.41) is 17.6. The molecule has 0 fully saturated rings. The van der Waals surface area contributed by atoms with Crippen LogP contribution < -0.4 is 0 Å². The van der Waals surface area contributed by atoms with E-state index in [1.807, 2.05) is 6.07 Å². The average Bonchev–Trinajstić information content (AvgIpc) is 2.75. The number of aliphatic hydroxyl groups excluding tert-OH is 1. The molecule has 80 valence electrons. The fourth-order valence-electron chi connectivity index (χ4n) is 1.29. The summed E-state index contributed by atoms with van der Waals surface area (Å²) >= 11 is 7.17. The summed E-state index contributed by atoms with van der Waals surface area (Å²) < 4.78 is 2.30. The van der Waals surface area contributed by atoms with Crippen molar-refractivity contribution in [3.8, 4) is 0 Å². The lowest BCUT2D eigenvalue weighted by molar-refractivity contribution is 0.181. The number of halogens is 1. The van der Waals surface area contributed by atoms with Gasteiger partial charge in [0.05, 0.1) is 16.1 Å². The van der Waals surface area contributed by atoms with Gasteiger partial charge in [-0.25, -0.2) is 0 Å². The topological polar surface area (TPSA) is 50.9 Å². The molecule has 1 unspecified atom stereocenters. The van der Waals surface area contributed by atoms with E-state index in [-0.39, 0.29) is 0 Å². The second-order valence-electron chi connectivity index (χ2n) is 3.25. The lowest BCUT2D eigenvalue weighted by Gasteiger charge is -2.04. The van der Waals surface area contributed by atoms with E-state index in [2.05, 4.69) is 10.3 Å². The molecule has 0 radical (unpaired) electrons. The van der Waals surface area contributed by atoms with Crippen LogP contribution in [0, 0.1) is 0 Å². The van der Waals surface area contributed by atoms with E-state index < -0.39 is 6.10 Å². The van der Waals surface area contributed by atoms with Crippen LogP contribution in [-0.2, 0) is 13.5 Å². The van der Waals surface area contributed by atoms with Crippen molar-refractivity contribution in [2.45, 2.75) is 12.5 Å². The highest BCUT2D eigenvalue weighted by Gasteiger charge is 2.12. The van der Waals surface area contributed by atoms with Crippen molar-refractivity contribution in [3.05, 3.63) is 33.2 Å². The van der Waals surface area contributed by atoms with Gasteiger partial charge in [0, 0.05) is 24.5 Å². The molecule has 0 aromatic carbocycles. The van der Waals surface area contributed by atoms with E-state index in [9.17, 15) is 5.11 Å². The van der Waals surface area contributed by atoms with Crippen molar-refractivity contribution in [1.29, 1.82) is 0 Å². The molecule has 15 heavy (non-hydrogen) atoms. The van der Waals surface area contributed by atoms with Crippen LogP contribution in [0.3, 0.4) is 0 Å². The molecule has 0 aliphatic carbocycles. The predicted molar refractivity (Wildman–Crippen MR) is 59.0 cm³/mol. The third kappa shape index (κ3) is 2.56. The molecule has 0 amide bonds. The van der Waals surface area contributed by atoms with Gasteiger partial charge in [-0.2, -0.15) is 0 Å². The second-order valence-corrected chi connectivity index (χ2v) is 4.99. The molecule has 0 aliphatic rings. The van der Waals surface area contributed by atoms with E-state index in [0.717, 1.165) is 10.6 Å². The first kappa shape index (κ1) is 10.6. The predicted octanol–water partition coefficient (Wildman–Crippen LogP) is 1.81. The van der Waals surface area contributed by atoms with Crippen LogP contribution in [-0.4, -0.2) is 20.1 Å². The SMILES string of the molecule is Cn1cc(CC(O)c2ccc(Cl)s2)nn1. The molecule has 0 saturated heterocycles. The first-order chi connectivity index (χ1) is 7.15. The molecule has 6 heteroatoms. The zero-order valence-corrected chi connectivity index (χ0v) is 9.66. The van der Waals surface area contributed by atoms with Crippen molar-refractivity contribution in [2.24, 2.45) is 7.05 Å². The van der Waals surface area contributed by atoms with Crippen molar-refractivity contribution in [1.82, 2.24) is 15.0 Å². The monoisotopic (exact) mass is 243 g/mol. The summed E-state index contributed by atoms with van der Waals surface area (Å²) in [6, 6.07) is 3.61. The summed E-state index contributed by atoms with van der Waals surface area (Å²) in [5.74, 6) is 0. The van der Waals surface area contributed by atoms with Crippen LogP contribution in [0.15, 0.2) is 18.3 Å². The number of hydrogen-bond donors (Lipinski definition) is 1. The Kier molecular flexibility index (Phi) is 3.04. The first-order valence-corrected chi connectivity index (χ1v) is 5.63. The Morgan fingerprint density at radius 1 is 1.60 bits per heavy atom. The molecule has 0 spiro atoms. The van der Waals surface area contributed by atoms with Crippen molar-refractivity contribution < 1.29 is 5.11 Å². The van der Waals surface area contributed by atoms with Crippen molar-refractivity contribution in [2.75, 3.05) is 0 Å². The highest BCUT2D eigenvalue weighted by Crippen LogP contribution is 2.28. The zero-order chi connectivity index (χ0) is 10.8. The minimum absolute atomic E-state index is 0.463. The number of thiophene rings is 1. The van der Waals surface area contributed by atoms with Gasteiger partial charge in [0.25, 0.3) is 0 Å². The average molecular weight is 244 g/mol. The van der Waals surface area contributed by atoms with E-state index in [1.165, 1.54) is 11.3 Å². The van der Waals surface area contributed by atoms with Crippen molar-refractivity contribution >= 4 is 22.9 Å². The highest BCUT2D eigenvalue weighted by atomic mass is 35.5. The fraction of sp³-hybridized carbons (Fsp3) is 0.333. The third-order valence-corrected chi connectivity index (χ3v) is 3.31. The van der Waals surface area contributed by atoms with Crippen LogP contribution in [0.2, 0.25) is 4.34 Å². The normalized spacial score (nSPS) is 13.0. The van der Waals surface area contributed by atoms with Gasteiger partial charge in [-0.15, -0.1) is 16.4 Å². The molecule has 2 heterocycles. The largest absolute Gasteiger partial charge is 0.387 e. The Morgan fingerprint density at radius 2 is 2.40 bits per heavy atom. The van der Waals surface area contributed by atoms with E-state index >= 15 is 0 Å². The third-order valence-electron chi connectivity index (χ3n) is 1.98. The number of aliphatic hydroxyl groups is 1. The molecule has 1 atom stereocenters. The Morgan fingerprint density at radius 3 is 2.93 bits per heavy atom. The number of aromatic nitrogens is 3. The lowest BCUT2D eigenvalue weighted by atomic mass is 10.2. The molecule has 1 N–H and O–H groups in total. The quantitative estimate of drug-likeness (QED) is 0.895. The molecule has 0 saturated carbocycles. The summed E-state index contributed by atoms with van der Waals surface area (Å²) in [4.78, 5) is 0.852. The Bertz CT molecular complexity index is 454. The summed E-state index contributed by atoms with van der Waals surface area (Å²) in [5.41, 5.74) is 0.773. The van der Waals surface area contributed by atoms with Crippen LogP contribution in [0.25, 0.3) is 0 Å². The van der Waals surface area contributed by atoms with E-state index in [0.29, 0.717) is 10.8 Å². The van der Waals surface area contributed by atoms with Gasteiger partial charge in [0.15, 0.2) is 0 Å². The number of hydrogen-bond acceptors (Lipinski definition) is 4. The smallest absolute Gasteiger partial charge is 0.0939 e. The molecule has 2 rings (SSSR count). The maximum Gasteiger partial charge on any atom is 0.0939 e. The number of rotatable bonds is 3. The van der Waals surface area contributed by atoms with Crippen molar-refractivity contribution in [3.63, 3.8) is 0 Å². The Hall–Kier alpha value is -0.910. The molecule has 2 aromatic rings. The molecule has 0 aliphatic heterocycles. The molecule has 4 nitrogen and oxygen atoms in total. The summed E-state index contributed by atoms with van der Waals surface area (Å²) in [7, 11) is 1.80. The van der Waals surface area contributed by atoms with Crippen LogP contribution in [0.1, 0.15) is 16.7 Å². The fourth-order valence-corrected chi connectivity index (χ4v) is 2.34. The van der Waals surface area contributed by atoms with Gasteiger partial charge in [0.2, 0.25) is 0 Å². The molecular formula is C9H10ClN3OS. The zero-order valence-electron chi connectivity index (χ0n) is 8.09. The minimum atomic E-state index is -0.556. The molecule has 2 aromatic heterocycles. The Balaban J connectivity index is 2.06. The first-order valence-electron chi connectivity index (χ1n) is 4.43. The van der Waals surface area contributed by atoms with Gasteiger partial charge in [-0.3, -0.25) is 4.68 Å². The van der Waals surface area contributed by atoms with E-state index in [4.69, 9.17) is 11.6 Å². The Labute approximate surface area is 96.1 Å². The van der Waals surface area contributed by atoms with Gasteiger partial charge >= 0.3 is 0 Å². The molecular weight excluding hydrogens is 234 g/mol. The molecule has 0 bridgehead atoms. The standard InChI is InChI=1S/C9H10ClN3OS/c1-13-5-6(11-12-13)4-7(14)8-2-3-9(10)15-8/h2-3,5,7,14H,4H2,1H3. The van der Waals surface area contributed by atoms with Crippen LogP contribution in [0.4, 0.5) is 0 Å². The summed E-state index contributed by atoms with van der Waals surface area (Å²) in [6.07, 6.45) is 1.70. The summed E-state index contributed by atoms with van der Waals surface area (Å²) in [6.45, 7) is 0.